The van der Waals surface area contributed by atoms with Crippen LogP contribution in [0.1, 0.15) is 17.2 Å². The largest absolute Gasteiger partial charge is 0.507 e. The molecule has 0 saturated carbocycles. The number of ketones is 1. The topological polar surface area (TPSA) is 70.5 Å². The summed E-state index contributed by atoms with van der Waals surface area (Å²) in [6, 6.07) is 16.9. The van der Waals surface area contributed by atoms with Crippen molar-refractivity contribution in [3.63, 3.8) is 0 Å². The molecule has 5 nitrogen and oxygen atoms in total. The number of nitrogens with zero attached hydrogens (tertiary/aromatic N) is 2. The Balaban J connectivity index is 1.72. The van der Waals surface area contributed by atoms with Gasteiger partial charge in [-0.3, -0.25) is 14.5 Å². The van der Waals surface area contributed by atoms with Crippen LogP contribution >= 0.6 is 11.3 Å². The molecule has 3 aromatic carbocycles. The highest BCUT2D eigenvalue weighted by Crippen LogP contribution is 2.44. The number of carbonyl (C=O) groups is 2. The summed E-state index contributed by atoms with van der Waals surface area (Å²) in [5.74, 6) is -3.09. The molecule has 0 spiro atoms. The number of benzene rings is 3. The maximum absolute atomic E-state index is 13.7. The van der Waals surface area contributed by atoms with Crippen LogP contribution in [-0.2, 0) is 9.59 Å². The molecule has 1 N–H and O–H groups in total. The zero-order chi connectivity index (χ0) is 22.4. The van der Waals surface area contributed by atoms with E-state index in [4.69, 9.17) is 0 Å². The number of carbonyl (C=O) groups excluding carboxylic acids is 2. The number of thiazole rings is 1. The van der Waals surface area contributed by atoms with Gasteiger partial charge in [0, 0.05) is 5.56 Å². The van der Waals surface area contributed by atoms with Crippen molar-refractivity contribution in [2.45, 2.75) is 6.04 Å². The van der Waals surface area contributed by atoms with Crippen molar-refractivity contribution in [3.05, 3.63) is 101 Å². The minimum atomic E-state index is -0.952. The van der Waals surface area contributed by atoms with Crippen molar-refractivity contribution in [1.29, 1.82) is 0 Å². The van der Waals surface area contributed by atoms with Crippen LogP contribution in [0, 0.1) is 11.6 Å². The smallest absolute Gasteiger partial charge is 0.301 e. The lowest BCUT2D eigenvalue weighted by molar-refractivity contribution is -0.132. The first-order valence-electron chi connectivity index (χ1n) is 9.62. The maximum atomic E-state index is 13.7. The average Bonchev–Trinajstić information content (AvgIpc) is 3.32. The number of rotatable bonds is 3. The first-order chi connectivity index (χ1) is 15.4. The molecule has 1 aliphatic rings. The van der Waals surface area contributed by atoms with Crippen LogP contribution < -0.4 is 4.90 Å². The van der Waals surface area contributed by atoms with Crippen molar-refractivity contribution < 1.29 is 23.5 Å². The number of amides is 1. The first kappa shape index (κ1) is 20.0. The quantitative estimate of drug-likeness (QED) is 0.266. The molecular formula is C24H14F2N2O3S. The van der Waals surface area contributed by atoms with E-state index < -0.39 is 35.1 Å². The van der Waals surface area contributed by atoms with Crippen LogP contribution in [0.2, 0.25) is 0 Å². The third kappa shape index (κ3) is 3.25. The summed E-state index contributed by atoms with van der Waals surface area (Å²) in [4.78, 5) is 31.8. The molecular weight excluding hydrogens is 434 g/mol. The van der Waals surface area contributed by atoms with Gasteiger partial charge in [0.15, 0.2) is 5.13 Å². The zero-order valence-electron chi connectivity index (χ0n) is 16.3. The number of aliphatic hydroxyl groups is 1. The number of halogens is 2. The van der Waals surface area contributed by atoms with Crippen molar-refractivity contribution in [2.75, 3.05) is 4.90 Å². The molecule has 0 aliphatic carbocycles. The van der Waals surface area contributed by atoms with E-state index in [-0.39, 0.29) is 16.3 Å². The second kappa shape index (κ2) is 7.65. The summed E-state index contributed by atoms with van der Waals surface area (Å²) in [6.07, 6.45) is 0. The van der Waals surface area contributed by atoms with E-state index >= 15 is 0 Å². The lowest BCUT2D eigenvalue weighted by Crippen LogP contribution is -2.29. The lowest BCUT2D eigenvalue weighted by atomic mass is 9.95. The molecule has 1 aliphatic heterocycles. The molecule has 8 heteroatoms. The number of Topliss-reactive ketones (excluding diaryl/α,β-unsaturated/α-hetero) is 1. The second-order valence-corrected chi connectivity index (χ2v) is 8.20. The van der Waals surface area contributed by atoms with E-state index in [1.54, 1.807) is 30.3 Å². The normalized spacial score (nSPS) is 17.9. The molecule has 0 bridgehead atoms. The minimum absolute atomic E-state index is 0.127. The average molecular weight is 448 g/mol. The molecule has 1 atom stereocenters. The highest BCUT2D eigenvalue weighted by Gasteiger charge is 2.48. The Bertz CT molecular complexity index is 1400. The Kier molecular flexibility index (Phi) is 4.79. The van der Waals surface area contributed by atoms with E-state index in [2.05, 4.69) is 4.98 Å². The van der Waals surface area contributed by atoms with Gasteiger partial charge in [0.1, 0.15) is 17.4 Å². The van der Waals surface area contributed by atoms with Crippen LogP contribution in [0.4, 0.5) is 13.9 Å². The van der Waals surface area contributed by atoms with Crippen molar-refractivity contribution in [3.8, 4) is 0 Å². The van der Waals surface area contributed by atoms with Gasteiger partial charge in [-0.15, -0.1) is 0 Å². The van der Waals surface area contributed by atoms with Gasteiger partial charge in [-0.2, -0.15) is 0 Å². The molecule has 1 fully saturated rings. The molecule has 32 heavy (non-hydrogen) atoms. The van der Waals surface area contributed by atoms with Gasteiger partial charge in [0.05, 0.1) is 21.8 Å². The minimum Gasteiger partial charge on any atom is -0.507 e. The molecule has 158 valence electrons. The molecule has 1 aromatic heterocycles. The SMILES string of the molecule is O=C1C(=O)N(c2nc3ccc(F)cc3s2)[C@@H](c2ccccc2)/C1=C(\O)c1ccc(F)cc1. The zero-order valence-corrected chi connectivity index (χ0v) is 17.1. The summed E-state index contributed by atoms with van der Waals surface area (Å²) < 4.78 is 27.5. The number of hydrogen-bond donors (Lipinski definition) is 1. The Morgan fingerprint density at radius 1 is 0.938 bits per heavy atom. The van der Waals surface area contributed by atoms with E-state index in [0.29, 0.717) is 15.8 Å². The Labute approximate surface area is 184 Å². The van der Waals surface area contributed by atoms with Gasteiger partial charge < -0.3 is 5.11 Å². The fourth-order valence-electron chi connectivity index (χ4n) is 3.73. The monoisotopic (exact) mass is 448 g/mol. The second-order valence-electron chi connectivity index (χ2n) is 7.20. The summed E-state index contributed by atoms with van der Waals surface area (Å²) in [5, 5.41) is 11.2. The number of aliphatic hydroxyl groups excluding tert-OH is 1. The van der Waals surface area contributed by atoms with E-state index in [9.17, 15) is 23.5 Å². The predicted molar refractivity (Wildman–Crippen MR) is 117 cm³/mol. The summed E-state index contributed by atoms with van der Waals surface area (Å²) in [5.41, 5.74) is 1.15. The van der Waals surface area contributed by atoms with E-state index in [0.717, 1.165) is 23.5 Å². The molecule has 0 unspecified atom stereocenters. The van der Waals surface area contributed by atoms with Crippen LogP contribution in [0.3, 0.4) is 0 Å². The fraction of sp³-hybridized carbons (Fsp3) is 0.0417. The number of aromatic nitrogens is 1. The Hall–Kier alpha value is -3.91. The van der Waals surface area contributed by atoms with Gasteiger partial charge in [-0.05, 0) is 48.0 Å². The summed E-state index contributed by atoms with van der Waals surface area (Å²) >= 11 is 1.07. The number of fused-ring (bicyclic) bond motifs is 1. The van der Waals surface area contributed by atoms with Gasteiger partial charge in [0.25, 0.3) is 5.78 Å². The van der Waals surface area contributed by atoms with Crippen molar-refractivity contribution >= 4 is 44.1 Å². The van der Waals surface area contributed by atoms with Crippen LogP contribution in [0.25, 0.3) is 16.0 Å². The highest BCUT2D eigenvalue weighted by molar-refractivity contribution is 7.22. The molecule has 4 aromatic rings. The summed E-state index contributed by atoms with van der Waals surface area (Å²) in [6.45, 7) is 0. The lowest BCUT2D eigenvalue weighted by Gasteiger charge is -2.22. The van der Waals surface area contributed by atoms with Crippen molar-refractivity contribution in [2.24, 2.45) is 0 Å². The number of hydrogen-bond acceptors (Lipinski definition) is 5. The van der Waals surface area contributed by atoms with E-state index in [1.165, 1.54) is 35.2 Å². The van der Waals surface area contributed by atoms with Crippen molar-refractivity contribution in [1.82, 2.24) is 4.98 Å². The maximum Gasteiger partial charge on any atom is 0.301 e. The molecule has 5 rings (SSSR count). The van der Waals surface area contributed by atoms with E-state index in [1.807, 2.05) is 0 Å². The predicted octanol–water partition coefficient (Wildman–Crippen LogP) is 5.20. The van der Waals surface area contributed by atoms with Crippen LogP contribution in [0.5, 0.6) is 0 Å². The molecule has 2 heterocycles. The number of anilines is 1. The highest BCUT2D eigenvalue weighted by atomic mass is 32.1. The standard InChI is InChI=1S/C24H14F2N2O3S/c25-15-8-6-14(7-9-15)21(29)19-20(13-4-2-1-3-5-13)28(23(31)22(19)30)24-27-17-11-10-16(26)12-18(17)32-24/h1-12,20,29H/b21-19+/t20-/m0/s1. The molecule has 1 saturated heterocycles. The van der Waals surface area contributed by atoms with Crippen LogP contribution in [-0.4, -0.2) is 21.8 Å². The van der Waals surface area contributed by atoms with Gasteiger partial charge in [-0.1, -0.05) is 41.7 Å². The fourth-order valence-corrected chi connectivity index (χ4v) is 4.75. The third-order valence-electron chi connectivity index (χ3n) is 5.22. The van der Waals surface area contributed by atoms with Gasteiger partial charge in [-0.25, -0.2) is 13.8 Å². The van der Waals surface area contributed by atoms with Gasteiger partial charge >= 0.3 is 5.91 Å². The Morgan fingerprint density at radius 3 is 2.34 bits per heavy atom. The third-order valence-corrected chi connectivity index (χ3v) is 6.24. The Morgan fingerprint density at radius 2 is 1.62 bits per heavy atom. The first-order valence-corrected chi connectivity index (χ1v) is 10.4. The van der Waals surface area contributed by atoms with Crippen LogP contribution in [0.15, 0.2) is 78.4 Å². The summed E-state index contributed by atoms with van der Waals surface area (Å²) in [7, 11) is 0. The molecule has 0 radical (unpaired) electrons. The van der Waals surface area contributed by atoms with Gasteiger partial charge in [0.2, 0.25) is 0 Å². The molecule has 1 amide bonds.